The van der Waals surface area contributed by atoms with Crippen molar-refractivity contribution in [2.24, 2.45) is 0 Å². The van der Waals surface area contributed by atoms with Gasteiger partial charge in [0.25, 0.3) is 0 Å². The standard InChI is InChI=1S/C15H29NS/c1-2-3-4-5-6-7-8-9-10-11-13-16-14-12-15-17-16/h12,14H,2-11,13,15H2,1H3. The number of hydrogen-bond donors (Lipinski definition) is 0. The molecule has 0 saturated carbocycles. The Hall–Kier alpha value is -0.110. The number of nitrogens with zero attached hydrogens (tertiary/aromatic N) is 1. The summed E-state index contributed by atoms with van der Waals surface area (Å²) in [5.41, 5.74) is 0. The second-order valence-corrected chi connectivity index (χ2v) is 6.06. The second kappa shape index (κ2) is 11.0. The molecule has 0 aliphatic carbocycles. The van der Waals surface area contributed by atoms with Crippen molar-refractivity contribution in [1.82, 2.24) is 4.31 Å². The Balaban J connectivity index is 1.71. The van der Waals surface area contributed by atoms with Crippen molar-refractivity contribution < 1.29 is 0 Å². The van der Waals surface area contributed by atoms with Crippen LogP contribution < -0.4 is 0 Å². The molecular formula is C15H29NS. The van der Waals surface area contributed by atoms with E-state index < -0.39 is 0 Å². The molecule has 0 aromatic carbocycles. The molecule has 0 unspecified atom stereocenters. The topological polar surface area (TPSA) is 3.24 Å². The maximum Gasteiger partial charge on any atom is 0.0331 e. The van der Waals surface area contributed by atoms with E-state index >= 15 is 0 Å². The van der Waals surface area contributed by atoms with Crippen molar-refractivity contribution >= 4 is 11.9 Å². The largest absolute Gasteiger partial charge is 0.323 e. The van der Waals surface area contributed by atoms with Crippen molar-refractivity contribution in [3.63, 3.8) is 0 Å². The Morgan fingerprint density at radius 3 is 2.00 bits per heavy atom. The molecule has 0 N–H and O–H groups in total. The van der Waals surface area contributed by atoms with E-state index in [1.54, 1.807) is 0 Å². The van der Waals surface area contributed by atoms with E-state index in [0.29, 0.717) is 0 Å². The van der Waals surface area contributed by atoms with Crippen LogP contribution in [-0.2, 0) is 0 Å². The number of rotatable bonds is 11. The smallest absolute Gasteiger partial charge is 0.0331 e. The summed E-state index contributed by atoms with van der Waals surface area (Å²) >= 11 is 1.94. The fraction of sp³-hybridized carbons (Fsp3) is 0.867. The highest BCUT2D eigenvalue weighted by Crippen LogP contribution is 2.18. The van der Waals surface area contributed by atoms with Gasteiger partial charge in [-0.15, -0.1) is 0 Å². The van der Waals surface area contributed by atoms with E-state index in [0.717, 1.165) is 0 Å². The van der Waals surface area contributed by atoms with E-state index in [2.05, 4.69) is 23.5 Å². The van der Waals surface area contributed by atoms with Gasteiger partial charge in [-0.25, -0.2) is 0 Å². The molecule has 0 saturated heterocycles. The third-order valence-corrected chi connectivity index (χ3v) is 4.32. The van der Waals surface area contributed by atoms with Gasteiger partial charge in [0, 0.05) is 18.5 Å². The molecule has 0 aromatic rings. The first-order valence-corrected chi connectivity index (χ1v) is 8.44. The molecule has 0 bridgehead atoms. The lowest BCUT2D eigenvalue weighted by Gasteiger charge is -2.12. The van der Waals surface area contributed by atoms with Gasteiger partial charge in [-0.1, -0.05) is 70.8 Å². The minimum Gasteiger partial charge on any atom is -0.323 e. The Morgan fingerprint density at radius 1 is 0.882 bits per heavy atom. The van der Waals surface area contributed by atoms with Gasteiger partial charge in [0.2, 0.25) is 0 Å². The van der Waals surface area contributed by atoms with Crippen molar-refractivity contribution in [3.05, 3.63) is 12.3 Å². The molecule has 0 amide bonds. The first kappa shape index (κ1) is 14.9. The minimum absolute atomic E-state index is 1.18. The summed E-state index contributed by atoms with van der Waals surface area (Å²) < 4.78 is 2.38. The van der Waals surface area contributed by atoms with Gasteiger partial charge in [0.1, 0.15) is 0 Å². The lowest BCUT2D eigenvalue weighted by molar-refractivity contribution is 0.524. The number of unbranched alkanes of at least 4 members (excludes halogenated alkanes) is 9. The van der Waals surface area contributed by atoms with Crippen LogP contribution in [0.2, 0.25) is 0 Å². The summed E-state index contributed by atoms with van der Waals surface area (Å²) in [6, 6.07) is 0. The van der Waals surface area contributed by atoms with Crippen molar-refractivity contribution in [3.8, 4) is 0 Å². The van der Waals surface area contributed by atoms with Crippen LogP contribution in [0.3, 0.4) is 0 Å². The van der Waals surface area contributed by atoms with Crippen LogP contribution in [0.1, 0.15) is 71.1 Å². The van der Waals surface area contributed by atoms with E-state index in [1.807, 2.05) is 11.9 Å². The van der Waals surface area contributed by atoms with E-state index in [-0.39, 0.29) is 0 Å². The SMILES string of the molecule is CCCCCCCCCCCCN1C=CCS1. The lowest BCUT2D eigenvalue weighted by atomic mass is 10.1. The van der Waals surface area contributed by atoms with Gasteiger partial charge in [-0.3, -0.25) is 0 Å². The quantitative estimate of drug-likeness (QED) is 0.360. The molecule has 17 heavy (non-hydrogen) atoms. The van der Waals surface area contributed by atoms with Crippen LogP contribution in [0.5, 0.6) is 0 Å². The fourth-order valence-corrected chi connectivity index (χ4v) is 3.03. The molecule has 1 aliphatic rings. The summed E-state index contributed by atoms with van der Waals surface area (Å²) in [5.74, 6) is 1.18. The lowest BCUT2D eigenvalue weighted by Crippen LogP contribution is -2.06. The van der Waals surface area contributed by atoms with Crippen LogP contribution in [-0.4, -0.2) is 16.6 Å². The molecule has 1 nitrogen and oxygen atoms in total. The molecule has 1 aliphatic heterocycles. The molecule has 0 fully saturated rings. The van der Waals surface area contributed by atoms with E-state index in [1.165, 1.54) is 76.5 Å². The Kier molecular flexibility index (Phi) is 9.68. The van der Waals surface area contributed by atoms with Crippen LogP contribution in [0.25, 0.3) is 0 Å². The van der Waals surface area contributed by atoms with Crippen LogP contribution in [0.4, 0.5) is 0 Å². The molecule has 100 valence electrons. The van der Waals surface area contributed by atoms with Crippen molar-refractivity contribution in [1.29, 1.82) is 0 Å². The van der Waals surface area contributed by atoms with Crippen LogP contribution in [0, 0.1) is 0 Å². The third-order valence-electron chi connectivity index (χ3n) is 3.34. The number of hydrogen-bond acceptors (Lipinski definition) is 2. The molecule has 2 heteroatoms. The molecule has 0 atom stereocenters. The van der Waals surface area contributed by atoms with Crippen molar-refractivity contribution in [2.75, 3.05) is 12.3 Å². The van der Waals surface area contributed by atoms with Gasteiger partial charge < -0.3 is 4.31 Å². The fourth-order valence-electron chi connectivity index (χ4n) is 2.24. The average molecular weight is 255 g/mol. The zero-order valence-electron chi connectivity index (χ0n) is 11.5. The first-order chi connectivity index (χ1) is 8.43. The average Bonchev–Trinajstić information content (AvgIpc) is 2.85. The zero-order chi connectivity index (χ0) is 12.2. The molecule has 0 aromatic heterocycles. The summed E-state index contributed by atoms with van der Waals surface area (Å²) in [7, 11) is 0. The van der Waals surface area contributed by atoms with Gasteiger partial charge in [-0.05, 0) is 18.4 Å². The van der Waals surface area contributed by atoms with Crippen LogP contribution >= 0.6 is 11.9 Å². The molecular weight excluding hydrogens is 226 g/mol. The van der Waals surface area contributed by atoms with Gasteiger partial charge in [0.15, 0.2) is 0 Å². The molecule has 1 heterocycles. The monoisotopic (exact) mass is 255 g/mol. The highest BCUT2D eigenvalue weighted by molar-refractivity contribution is 7.97. The highest BCUT2D eigenvalue weighted by Gasteiger charge is 2.03. The van der Waals surface area contributed by atoms with Gasteiger partial charge in [0.05, 0.1) is 0 Å². The van der Waals surface area contributed by atoms with Gasteiger partial charge in [-0.2, -0.15) is 0 Å². The molecule has 0 radical (unpaired) electrons. The zero-order valence-corrected chi connectivity index (χ0v) is 12.3. The minimum atomic E-state index is 1.18. The second-order valence-electron chi connectivity index (χ2n) is 5.00. The maximum atomic E-state index is 2.38. The maximum absolute atomic E-state index is 2.38. The van der Waals surface area contributed by atoms with E-state index in [9.17, 15) is 0 Å². The van der Waals surface area contributed by atoms with Crippen molar-refractivity contribution in [2.45, 2.75) is 71.1 Å². The Morgan fingerprint density at radius 2 is 1.47 bits per heavy atom. The first-order valence-electron chi connectivity index (χ1n) is 7.49. The Labute approximate surface area is 112 Å². The molecule has 0 spiro atoms. The third kappa shape index (κ3) is 8.59. The Bertz CT molecular complexity index is 191. The molecule has 1 rings (SSSR count). The normalized spacial score (nSPS) is 14.8. The van der Waals surface area contributed by atoms with E-state index in [4.69, 9.17) is 0 Å². The predicted molar refractivity (Wildman–Crippen MR) is 80.1 cm³/mol. The summed E-state index contributed by atoms with van der Waals surface area (Å²) in [5, 5.41) is 0. The summed E-state index contributed by atoms with van der Waals surface area (Å²) in [6.07, 6.45) is 18.8. The highest BCUT2D eigenvalue weighted by atomic mass is 32.2. The summed E-state index contributed by atoms with van der Waals surface area (Å²) in [6.45, 7) is 3.53. The summed E-state index contributed by atoms with van der Waals surface area (Å²) in [4.78, 5) is 0. The van der Waals surface area contributed by atoms with Gasteiger partial charge >= 0.3 is 0 Å². The predicted octanol–water partition coefficient (Wildman–Crippen LogP) is 5.38. The van der Waals surface area contributed by atoms with Crippen LogP contribution in [0.15, 0.2) is 12.3 Å².